The molecule has 8 nitrogen and oxygen atoms in total. The van der Waals surface area contributed by atoms with Gasteiger partial charge in [-0.2, -0.15) is 0 Å². The Morgan fingerprint density at radius 3 is 2.60 bits per heavy atom. The summed E-state index contributed by atoms with van der Waals surface area (Å²) in [5, 5.41) is 6.78. The summed E-state index contributed by atoms with van der Waals surface area (Å²) in [4.78, 5) is 10.7. The molecule has 1 atom stereocenters. The average molecular weight is 527 g/mol. The number of rotatable bonds is 8. The van der Waals surface area contributed by atoms with E-state index in [0.717, 1.165) is 48.4 Å². The van der Waals surface area contributed by atoms with Gasteiger partial charge in [-0.1, -0.05) is 0 Å². The van der Waals surface area contributed by atoms with E-state index in [1.165, 1.54) is 0 Å². The molecule has 9 heteroatoms. The second kappa shape index (κ2) is 12.3. The van der Waals surface area contributed by atoms with Crippen molar-refractivity contribution in [3.8, 4) is 17.2 Å². The molecule has 0 amide bonds. The molecule has 2 aromatic rings. The maximum atomic E-state index is 5.65. The van der Waals surface area contributed by atoms with Gasteiger partial charge >= 0.3 is 0 Å². The quantitative estimate of drug-likeness (QED) is 0.237. The number of halogens is 1. The predicted molar refractivity (Wildman–Crippen MR) is 130 cm³/mol. The van der Waals surface area contributed by atoms with Gasteiger partial charge in [-0.3, -0.25) is 9.98 Å². The van der Waals surface area contributed by atoms with Crippen LogP contribution in [0.4, 0.5) is 5.69 Å². The molecule has 1 unspecified atom stereocenters. The van der Waals surface area contributed by atoms with Gasteiger partial charge in [0.15, 0.2) is 5.96 Å². The molecule has 0 saturated carbocycles. The average Bonchev–Trinajstić information content (AvgIpc) is 3.24. The van der Waals surface area contributed by atoms with Crippen molar-refractivity contribution >= 4 is 35.6 Å². The number of aromatic nitrogens is 1. The summed E-state index contributed by atoms with van der Waals surface area (Å²) in [5.41, 5.74) is 1.10. The van der Waals surface area contributed by atoms with Crippen molar-refractivity contribution in [3.63, 3.8) is 0 Å². The molecule has 3 rings (SSSR count). The zero-order chi connectivity index (χ0) is 20.5. The van der Waals surface area contributed by atoms with Crippen LogP contribution in [0.5, 0.6) is 17.2 Å². The van der Waals surface area contributed by atoms with Crippen LogP contribution < -0.4 is 29.7 Å². The van der Waals surface area contributed by atoms with Gasteiger partial charge in [-0.05, 0) is 18.6 Å². The van der Waals surface area contributed by atoms with E-state index < -0.39 is 0 Å². The zero-order valence-electron chi connectivity index (χ0n) is 17.6. The van der Waals surface area contributed by atoms with Crippen LogP contribution in [-0.4, -0.2) is 64.5 Å². The summed E-state index contributed by atoms with van der Waals surface area (Å²) in [6.07, 6.45) is 4.45. The molecule has 30 heavy (non-hydrogen) atoms. The molecule has 1 aromatic carbocycles. The van der Waals surface area contributed by atoms with Crippen LogP contribution in [0.1, 0.15) is 6.42 Å². The number of nitrogens with one attached hydrogen (secondary N) is 2. The summed E-state index contributed by atoms with van der Waals surface area (Å²) >= 11 is 0. The summed E-state index contributed by atoms with van der Waals surface area (Å²) in [7, 11) is 5.11. The number of hydrogen-bond donors (Lipinski definition) is 2. The summed E-state index contributed by atoms with van der Waals surface area (Å²) in [6, 6.07) is 10.0. The standard InChI is InChI=1S/C21H29N5O3.HI/c1-22-21(24-8-10-29-18-5-4-7-23-14-18)25-16-6-9-26(15-16)17-11-19(27-2)13-20(12-17)28-3;/h4-5,7,11-14,16H,6,8-10,15H2,1-3H3,(H2,22,24,25);1H. The van der Waals surface area contributed by atoms with Gasteiger partial charge in [0.2, 0.25) is 0 Å². The van der Waals surface area contributed by atoms with Gasteiger partial charge in [-0.25, -0.2) is 0 Å². The molecule has 2 heterocycles. The molecular formula is C21H30IN5O3. The lowest BCUT2D eigenvalue weighted by molar-refractivity contribution is 0.320. The summed E-state index contributed by atoms with van der Waals surface area (Å²) < 4.78 is 16.4. The molecule has 2 N–H and O–H groups in total. The zero-order valence-corrected chi connectivity index (χ0v) is 20.0. The lowest BCUT2D eigenvalue weighted by Crippen LogP contribution is -2.45. The molecule has 164 valence electrons. The highest BCUT2D eigenvalue weighted by atomic mass is 127. The topological polar surface area (TPSA) is 80.2 Å². The highest BCUT2D eigenvalue weighted by Gasteiger charge is 2.24. The van der Waals surface area contributed by atoms with Crippen LogP contribution in [-0.2, 0) is 0 Å². The van der Waals surface area contributed by atoms with Gasteiger partial charge in [0, 0.05) is 56.3 Å². The van der Waals surface area contributed by atoms with Crippen molar-refractivity contribution in [2.75, 3.05) is 52.4 Å². The van der Waals surface area contributed by atoms with Gasteiger partial charge in [0.25, 0.3) is 0 Å². The summed E-state index contributed by atoms with van der Waals surface area (Å²) in [5.74, 6) is 3.12. The second-order valence-corrected chi connectivity index (χ2v) is 6.68. The first-order chi connectivity index (χ1) is 14.2. The van der Waals surface area contributed by atoms with Crippen LogP contribution in [0, 0.1) is 0 Å². The molecule has 1 saturated heterocycles. The minimum absolute atomic E-state index is 0. The number of nitrogens with zero attached hydrogens (tertiary/aromatic N) is 3. The fraction of sp³-hybridized carbons (Fsp3) is 0.429. The fourth-order valence-electron chi connectivity index (χ4n) is 3.25. The molecule has 1 aliphatic rings. The maximum absolute atomic E-state index is 5.65. The van der Waals surface area contributed by atoms with Crippen LogP contribution >= 0.6 is 24.0 Å². The lowest BCUT2D eigenvalue weighted by atomic mass is 10.2. The Hall–Kier alpha value is -2.43. The minimum atomic E-state index is 0. The van der Waals surface area contributed by atoms with E-state index in [-0.39, 0.29) is 24.0 Å². The third-order valence-electron chi connectivity index (χ3n) is 4.75. The number of guanidine groups is 1. The van der Waals surface area contributed by atoms with E-state index in [1.807, 2.05) is 30.3 Å². The number of ether oxygens (including phenoxy) is 3. The number of benzene rings is 1. The number of hydrogen-bond acceptors (Lipinski definition) is 6. The second-order valence-electron chi connectivity index (χ2n) is 6.68. The number of pyridine rings is 1. The van der Waals surface area contributed by atoms with E-state index in [1.54, 1.807) is 33.7 Å². The van der Waals surface area contributed by atoms with E-state index in [4.69, 9.17) is 14.2 Å². The molecule has 0 radical (unpaired) electrons. The van der Waals surface area contributed by atoms with E-state index in [2.05, 4.69) is 25.5 Å². The minimum Gasteiger partial charge on any atom is -0.497 e. The van der Waals surface area contributed by atoms with Gasteiger partial charge in [-0.15, -0.1) is 24.0 Å². The number of methoxy groups -OCH3 is 2. The van der Waals surface area contributed by atoms with Crippen molar-refractivity contribution in [1.29, 1.82) is 0 Å². The van der Waals surface area contributed by atoms with Crippen LogP contribution in [0.3, 0.4) is 0 Å². The normalized spacial score (nSPS) is 15.9. The Bertz CT molecular complexity index is 784. The molecule has 0 bridgehead atoms. The summed E-state index contributed by atoms with van der Waals surface area (Å²) in [6.45, 7) is 3.02. The molecule has 0 aliphatic carbocycles. The first kappa shape index (κ1) is 23.8. The molecular weight excluding hydrogens is 497 g/mol. The molecule has 0 spiro atoms. The van der Waals surface area contributed by atoms with Gasteiger partial charge < -0.3 is 29.7 Å². The molecule has 1 aliphatic heterocycles. The van der Waals surface area contributed by atoms with Crippen LogP contribution in [0.15, 0.2) is 47.7 Å². The Kier molecular flexibility index (Phi) is 9.78. The lowest BCUT2D eigenvalue weighted by Gasteiger charge is -2.21. The Labute approximate surface area is 195 Å². The van der Waals surface area contributed by atoms with Crippen LogP contribution in [0.25, 0.3) is 0 Å². The third-order valence-corrected chi connectivity index (χ3v) is 4.75. The third kappa shape index (κ3) is 6.82. The Balaban J connectivity index is 0.00000320. The first-order valence-corrected chi connectivity index (χ1v) is 9.70. The molecule has 1 fully saturated rings. The van der Waals surface area contributed by atoms with Crippen molar-refractivity contribution in [2.24, 2.45) is 4.99 Å². The van der Waals surface area contributed by atoms with Crippen LogP contribution in [0.2, 0.25) is 0 Å². The van der Waals surface area contributed by atoms with Crippen molar-refractivity contribution < 1.29 is 14.2 Å². The van der Waals surface area contributed by atoms with Crippen molar-refractivity contribution in [3.05, 3.63) is 42.7 Å². The monoisotopic (exact) mass is 527 g/mol. The fourth-order valence-corrected chi connectivity index (χ4v) is 3.25. The van der Waals surface area contributed by atoms with Crippen molar-refractivity contribution in [1.82, 2.24) is 15.6 Å². The predicted octanol–water partition coefficient (Wildman–Crippen LogP) is 2.54. The van der Waals surface area contributed by atoms with E-state index in [9.17, 15) is 0 Å². The van der Waals surface area contributed by atoms with E-state index in [0.29, 0.717) is 19.2 Å². The van der Waals surface area contributed by atoms with Gasteiger partial charge in [0.05, 0.1) is 27.0 Å². The highest BCUT2D eigenvalue weighted by molar-refractivity contribution is 14.0. The van der Waals surface area contributed by atoms with Gasteiger partial charge in [0.1, 0.15) is 23.9 Å². The Morgan fingerprint density at radius 1 is 1.20 bits per heavy atom. The SMILES string of the molecule is CN=C(NCCOc1cccnc1)NC1CCN(c2cc(OC)cc(OC)c2)C1.I. The maximum Gasteiger partial charge on any atom is 0.191 e. The van der Waals surface area contributed by atoms with Crippen molar-refractivity contribution in [2.45, 2.75) is 12.5 Å². The molecule has 1 aromatic heterocycles. The number of aliphatic imine (C=N–C) groups is 1. The Morgan fingerprint density at radius 2 is 1.97 bits per heavy atom. The number of anilines is 1. The first-order valence-electron chi connectivity index (χ1n) is 9.70. The largest absolute Gasteiger partial charge is 0.497 e. The highest BCUT2D eigenvalue weighted by Crippen LogP contribution is 2.30. The smallest absolute Gasteiger partial charge is 0.191 e. The van der Waals surface area contributed by atoms with E-state index >= 15 is 0 Å².